The van der Waals surface area contributed by atoms with Crippen LogP contribution in [0.3, 0.4) is 0 Å². The van der Waals surface area contributed by atoms with E-state index in [0.717, 1.165) is 19.4 Å². The molecule has 0 bridgehead atoms. The molecule has 2 fully saturated rings. The minimum Gasteiger partial charge on any atom is -0.480 e. The van der Waals surface area contributed by atoms with E-state index in [0.29, 0.717) is 19.8 Å². The maximum Gasteiger partial charge on any atom is 0.329 e. The van der Waals surface area contributed by atoms with E-state index in [1.54, 1.807) is 0 Å². The predicted octanol–water partition coefficient (Wildman–Crippen LogP) is 0.0984. The predicted molar refractivity (Wildman–Crippen MR) is 65.9 cm³/mol. The van der Waals surface area contributed by atoms with Gasteiger partial charge in [0.25, 0.3) is 0 Å². The third-order valence-electron chi connectivity index (χ3n) is 3.60. The molecule has 108 valence electrons. The molecule has 2 heterocycles. The summed E-state index contributed by atoms with van der Waals surface area (Å²) >= 11 is 0. The minimum atomic E-state index is -1.21. The molecule has 0 saturated carbocycles. The van der Waals surface area contributed by atoms with E-state index in [4.69, 9.17) is 9.47 Å². The first-order valence-corrected chi connectivity index (χ1v) is 6.60. The Bertz CT molecular complexity index is 335. The summed E-state index contributed by atoms with van der Waals surface area (Å²) in [6.07, 6.45) is 2.34. The third-order valence-corrected chi connectivity index (χ3v) is 3.60. The number of ether oxygens (including phenoxy) is 2. The van der Waals surface area contributed by atoms with Crippen molar-refractivity contribution in [1.29, 1.82) is 0 Å². The lowest BCUT2D eigenvalue weighted by molar-refractivity contribution is -0.148. The van der Waals surface area contributed by atoms with E-state index < -0.39 is 17.5 Å². The van der Waals surface area contributed by atoms with Gasteiger partial charge >= 0.3 is 12.0 Å². The van der Waals surface area contributed by atoms with Gasteiger partial charge in [-0.15, -0.1) is 0 Å². The van der Waals surface area contributed by atoms with Gasteiger partial charge in [-0.2, -0.15) is 0 Å². The van der Waals surface area contributed by atoms with Crippen LogP contribution in [0.15, 0.2) is 0 Å². The highest BCUT2D eigenvalue weighted by Gasteiger charge is 2.41. The van der Waals surface area contributed by atoms with Crippen LogP contribution < -0.4 is 10.6 Å². The number of rotatable bonds is 3. The zero-order valence-corrected chi connectivity index (χ0v) is 10.8. The van der Waals surface area contributed by atoms with Gasteiger partial charge in [0.1, 0.15) is 5.54 Å². The molecule has 2 saturated heterocycles. The molecule has 0 aliphatic carbocycles. The average molecular weight is 272 g/mol. The van der Waals surface area contributed by atoms with Crippen molar-refractivity contribution in [3.8, 4) is 0 Å². The summed E-state index contributed by atoms with van der Waals surface area (Å²) in [6, 6.07) is -0.487. The normalized spacial score (nSPS) is 26.4. The molecule has 1 atom stereocenters. The van der Waals surface area contributed by atoms with E-state index in [1.807, 2.05) is 0 Å². The lowest BCUT2D eigenvalue weighted by atomic mass is 9.90. The van der Waals surface area contributed by atoms with Crippen molar-refractivity contribution >= 4 is 12.0 Å². The van der Waals surface area contributed by atoms with Crippen LogP contribution in [0.25, 0.3) is 0 Å². The van der Waals surface area contributed by atoms with E-state index in [-0.39, 0.29) is 18.9 Å². The van der Waals surface area contributed by atoms with E-state index in [1.165, 1.54) is 0 Å². The second-order valence-corrected chi connectivity index (χ2v) is 5.01. The van der Waals surface area contributed by atoms with Crippen molar-refractivity contribution in [2.75, 3.05) is 26.4 Å². The highest BCUT2D eigenvalue weighted by molar-refractivity contribution is 5.86. The fourth-order valence-electron chi connectivity index (χ4n) is 2.41. The summed E-state index contributed by atoms with van der Waals surface area (Å²) in [4.78, 5) is 23.3. The van der Waals surface area contributed by atoms with Crippen molar-refractivity contribution in [1.82, 2.24) is 10.6 Å². The Morgan fingerprint density at radius 3 is 2.47 bits per heavy atom. The van der Waals surface area contributed by atoms with Crippen molar-refractivity contribution in [2.45, 2.75) is 37.3 Å². The summed E-state index contributed by atoms with van der Waals surface area (Å²) in [6.45, 7) is 1.89. The standard InChI is InChI=1S/C12H20N2O5/c15-10(16)12(3-6-18-7-4-12)14-11(17)13-9-2-1-5-19-8-9/h9H,1-8H2,(H,15,16)(H2,13,14,17). The Morgan fingerprint density at radius 1 is 1.16 bits per heavy atom. The molecule has 2 rings (SSSR count). The smallest absolute Gasteiger partial charge is 0.329 e. The quantitative estimate of drug-likeness (QED) is 0.677. The van der Waals surface area contributed by atoms with Crippen molar-refractivity contribution in [3.63, 3.8) is 0 Å². The highest BCUT2D eigenvalue weighted by atomic mass is 16.5. The molecule has 0 aromatic carbocycles. The maximum absolute atomic E-state index is 11.9. The highest BCUT2D eigenvalue weighted by Crippen LogP contribution is 2.21. The molecule has 0 aromatic rings. The lowest BCUT2D eigenvalue weighted by Crippen LogP contribution is -2.61. The summed E-state index contributed by atoms with van der Waals surface area (Å²) in [5.41, 5.74) is -1.21. The average Bonchev–Trinajstić information content (AvgIpc) is 2.40. The van der Waals surface area contributed by atoms with Crippen LogP contribution in [0.5, 0.6) is 0 Å². The van der Waals surface area contributed by atoms with Crippen LogP contribution in [0.4, 0.5) is 4.79 Å². The van der Waals surface area contributed by atoms with Crippen molar-refractivity contribution in [3.05, 3.63) is 0 Å². The number of nitrogens with one attached hydrogen (secondary N) is 2. The van der Waals surface area contributed by atoms with Gasteiger partial charge in [-0.1, -0.05) is 0 Å². The molecule has 2 amide bonds. The van der Waals surface area contributed by atoms with Crippen LogP contribution in [-0.4, -0.2) is 55.1 Å². The third kappa shape index (κ3) is 3.57. The number of carboxylic acid groups (broad SMARTS) is 1. The number of carbonyl (C=O) groups is 2. The molecule has 1 unspecified atom stereocenters. The Morgan fingerprint density at radius 2 is 1.89 bits per heavy atom. The van der Waals surface area contributed by atoms with Crippen LogP contribution in [0.1, 0.15) is 25.7 Å². The maximum atomic E-state index is 11.9. The molecular weight excluding hydrogens is 252 g/mol. The van der Waals surface area contributed by atoms with Gasteiger partial charge in [-0.25, -0.2) is 9.59 Å². The Kier molecular flexibility index (Phi) is 4.60. The van der Waals surface area contributed by atoms with Gasteiger partial charge in [-0.05, 0) is 12.8 Å². The fourth-order valence-corrected chi connectivity index (χ4v) is 2.41. The lowest BCUT2D eigenvalue weighted by Gasteiger charge is -2.34. The summed E-state index contributed by atoms with van der Waals surface area (Å²) in [5, 5.41) is 14.7. The SMILES string of the molecule is O=C(NC1CCCOC1)NC1(C(=O)O)CCOCC1. The first-order valence-electron chi connectivity index (χ1n) is 6.60. The summed E-state index contributed by atoms with van der Waals surface area (Å²) in [5.74, 6) is -1.01. The zero-order valence-electron chi connectivity index (χ0n) is 10.8. The molecule has 7 nitrogen and oxygen atoms in total. The largest absolute Gasteiger partial charge is 0.480 e. The van der Waals surface area contributed by atoms with Gasteiger partial charge in [0.2, 0.25) is 0 Å². The fraction of sp³-hybridized carbons (Fsp3) is 0.833. The monoisotopic (exact) mass is 272 g/mol. The van der Waals surface area contributed by atoms with Gasteiger partial charge in [-0.3, -0.25) is 0 Å². The second-order valence-electron chi connectivity index (χ2n) is 5.01. The molecule has 7 heteroatoms. The van der Waals surface area contributed by atoms with Gasteiger partial charge in [0.05, 0.1) is 12.6 Å². The van der Waals surface area contributed by atoms with Crippen LogP contribution in [0, 0.1) is 0 Å². The van der Waals surface area contributed by atoms with Crippen molar-refractivity contribution < 1.29 is 24.2 Å². The summed E-state index contributed by atoms with van der Waals surface area (Å²) < 4.78 is 10.4. The van der Waals surface area contributed by atoms with Gasteiger partial charge in [0.15, 0.2) is 0 Å². The van der Waals surface area contributed by atoms with Crippen molar-refractivity contribution in [2.24, 2.45) is 0 Å². The number of urea groups is 1. The summed E-state index contributed by atoms with van der Waals surface area (Å²) in [7, 11) is 0. The molecule has 3 N–H and O–H groups in total. The first-order chi connectivity index (χ1) is 9.12. The van der Waals surface area contributed by atoms with Gasteiger partial charge < -0.3 is 25.2 Å². The van der Waals surface area contributed by atoms with E-state index in [9.17, 15) is 14.7 Å². The Labute approximate surface area is 111 Å². The topological polar surface area (TPSA) is 96.9 Å². The van der Waals surface area contributed by atoms with Crippen LogP contribution in [0.2, 0.25) is 0 Å². The van der Waals surface area contributed by atoms with E-state index in [2.05, 4.69) is 10.6 Å². The molecule has 2 aliphatic rings. The zero-order chi connectivity index (χ0) is 13.7. The molecule has 0 aromatic heterocycles. The molecule has 2 aliphatic heterocycles. The molecule has 0 spiro atoms. The number of aliphatic carboxylic acids is 1. The second kappa shape index (κ2) is 6.21. The molecule has 19 heavy (non-hydrogen) atoms. The number of carbonyl (C=O) groups excluding carboxylic acids is 1. The number of amides is 2. The molecule has 0 radical (unpaired) electrons. The van der Waals surface area contributed by atoms with E-state index >= 15 is 0 Å². The van der Waals surface area contributed by atoms with Gasteiger partial charge in [0, 0.05) is 32.7 Å². The molecular formula is C12H20N2O5. The number of hydrogen-bond donors (Lipinski definition) is 3. The van der Waals surface area contributed by atoms with Crippen LogP contribution in [-0.2, 0) is 14.3 Å². The number of hydrogen-bond acceptors (Lipinski definition) is 4. The van der Waals surface area contributed by atoms with Crippen LogP contribution >= 0.6 is 0 Å². The Balaban J connectivity index is 1.89. The Hall–Kier alpha value is -1.34. The number of carboxylic acids is 1. The minimum absolute atomic E-state index is 0.0422. The first kappa shape index (κ1) is 14.1.